The van der Waals surface area contributed by atoms with Gasteiger partial charge in [0.1, 0.15) is 0 Å². The zero-order valence-corrected chi connectivity index (χ0v) is 17.6. The van der Waals surface area contributed by atoms with E-state index in [1.54, 1.807) is 0 Å². The Balaban J connectivity index is 1.76. The molecule has 2 rings (SSSR count). The molecule has 1 aromatic rings. The molecule has 1 aliphatic heterocycles. The molecule has 1 heterocycles. The number of carbonyl (C=O) groups excluding carboxylic acids is 2. The van der Waals surface area contributed by atoms with Crippen LogP contribution >= 0.6 is 11.6 Å². The van der Waals surface area contributed by atoms with E-state index in [0.717, 1.165) is 31.5 Å². The molecule has 1 aliphatic rings. The van der Waals surface area contributed by atoms with Gasteiger partial charge in [-0.05, 0) is 57.3 Å². The van der Waals surface area contributed by atoms with Crippen LogP contribution in [0.1, 0.15) is 52.1 Å². The lowest BCUT2D eigenvalue weighted by Crippen LogP contribution is -2.46. The van der Waals surface area contributed by atoms with E-state index in [9.17, 15) is 9.59 Å². The molecular weight excluding hydrogens is 362 g/mol. The second-order valence-corrected chi connectivity index (χ2v) is 8.31. The van der Waals surface area contributed by atoms with Crippen LogP contribution in [0.15, 0.2) is 24.3 Å². The first-order valence-corrected chi connectivity index (χ1v) is 10.2. The quantitative estimate of drug-likeness (QED) is 0.746. The summed E-state index contributed by atoms with van der Waals surface area (Å²) in [7, 11) is 0. The van der Waals surface area contributed by atoms with E-state index in [-0.39, 0.29) is 29.8 Å². The average Bonchev–Trinajstić information content (AvgIpc) is 2.62. The third-order valence-electron chi connectivity index (χ3n) is 5.44. The van der Waals surface area contributed by atoms with Crippen molar-refractivity contribution in [3.63, 3.8) is 0 Å². The van der Waals surface area contributed by atoms with Crippen LogP contribution in [0, 0.1) is 11.8 Å². The number of rotatable bonds is 7. The number of nitrogens with zero attached hydrogens (tertiary/aromatic N) is 1. The van der Waals surface area contributed by atoms with Gasteiger partial charge < -0.3 is 10.6 Å². The highest BCUT2D eigenvalue weighted by Crippen LogP contribution is 2.22. The number of hydrogen-bond acceptors (Lipinski definition) is 3. The van der Waals surface area contributed by atoms with Gasteiger partial charge in [0.25, 0.3) is 0 Å². The van der Waals surface area contributed by atoms with Crippen LogP contribution in [0.5, 0.6) is 0 Å². The molecule has 5 nitrogen and oxygen atoms in total. The Labute approximate surface area is 167 Å². The number of amides is 2. The van der Waals surface area contributed by atoms with Crippen LogP contribution in [0.3, 0.4) is 0 Å². The Bertz CT molecular complexity index is 642. The van der Waals surface area contributed by atoms with Gasteiger partial charge in [-0.3, -0.25) is 14.5 Å². The minimum Gasteiger partial charge on any atom is -0.353 e. The summed E-state index contributed by atoms with van der Waals surface area (Å²) in [6.07, 6.45) is 1.59. The third kappa shape index (κ3) is 6.51. The summed E-state index contributed by atoms with van der Waals surface area (Å²) in [6.45, 7) is 10.1. The molecule has 27 heavy (non-hydrogen) atoms. The lowest BCUT2D eigenvalue weighted by molar-refractivity contribution is -0.127. The van der Waals surface area contributed by atoms with E-state index in [0.29, 0.717) is 17.5 Å². The fraction of sp³-hybridized carbons (Fsp3) is 0.619. The van der Waals surface area contributed by atoms with Crippen molar-refractivity contribution in [3.8, 4) is 0 Å². The Morgan fingerprint density at radius 1 is 1.11 bits per heavy atom. The maximum atomic E-state index is 12.4. The zero-order valence-electron chi connectivity index (χ0n) is 16.8. The molecule has 0 radical (unpaired) electrons. The maximum absolute atomic E-state index is 12.4. The molecule has 1 aromatic carbocycles. The van der Waals surface area contributed by atoms with Crippen LogP contribution < -0.4 is 10.6 Å². The first-order valence-electron chi connectivity index (χ1n) is 9.84. The molecule has 0 aromatic heterocycles. The molecule has 2 N–H and O–H groups in total. The lowest BCUT2D eigenvalue weighted by atomic mass is 9.95. The van der Waals surface area contributed by atoms with Crippen molar-refractivity contribution in [1.29, 1.82) is 0 Å². The lowest BCUT2D eigenvalue weighted by Gasteiger charge is -2.32. The number of hydrogen-bond donors (Lipinski definition) is 2. The normalized spacial score (nSPS) is 18.1. The minimum absolute atomic E-state index is 0.0150. The molecule has 1 fully saturated rings. The Kier molecular flexibility index (Phi) is 8.11. The van der Waals surface area contributed by atoms with Crippen molar-refractivity contribution >= 4 is 23.4 Å². The Morgan fingerprint density at radius 2 is 1.74 bits per heavy atom. The van der Waals surface area contributed by atoms with E-state index in [1.807, 2.05) is 38.1 Å². The van der Waals surface area contributed by atoms with Gasteiger partial charge in [-0.25, -0.2) is 0 Å². The summed E-state index contributed by atoms with van der Waals surface area (Å²) in [5.74, 6) is 0.608. The van der Waals surface area contributed by atoms with Crippen LogP contribution in [0.4, 0.5) is 0 Å². The Hall–Kier alpha value is -1.59. The van der Waals surface area contributed by atoms with Crippen LogP contribution in [-0.4, -0.2) is 42.4 Å². The molecular formula is C21H32ClN3O2. The van der Waals surface area contributed by atoms with E-state index < -0.39 is 0 Å². The van der Waals surface area contributed by atoms with Crippen molar-refractivity contribution in [3.05, 3.63) is 34.9 Å². The molecule has 1 saturated heterocycles. The summed E-state index contributed by atoms with van der Waals surface area (Å²) in [4.78, 5) is 26.8. The molecule has 2 unspecified atom stereocenters. The molecule has 2 atom stereocenters. The standard InChI is InChI=1S/C21H32ClN3O2/c1-14(2)15(3)24-21(27)17-9-11-25(12-10-17)13-20(26)23-16(4)18-7-5-6-8-19(18)22/h5-8,14-17H,9-13H2,1-4H3,(H,23,26)(H,24,27). The second kappa shape index (κ2) is 10.1. The van der Waals surface area contributed by atoms with Gasteiger partial charge in [-0.1, -0.05) is 43.6 Å². The molecule has 150 valence electrons. The summed E-state index contributed by atoms with van der Waals surface area (Å²) in [5, 5.41) is 6.78. The van der Waals surface area contributed by atoms with Gasteiger partial charge in [-0.15, -0.1) is 0 Å². The van der Waals surface area contributed by atoms with E-state index in [2.05, 4.69) is 29.4 Å². The van der Waals surface area contributed by atoms with E-state index in [1.165, 1.54) is 0 Å². The molecule has 6 heteroatoms. The van der Waals surface area contributed by atoms with Gasteiger partial charge in [-0.2, -0.15) is 0 Å². The molecule has 2 amide bonds. The second-order valence-electron chi connectivity index (χ2n) is 7.90. The summed E-state index contributed by atoms with van der Waals surface area (Å²) < 4.78 is 0. The highest BCUT2D eigenvalue weighted by atomic mass is 35.5. The zero-order chi connectivity index (χ0) is 20.0. The monoisotopic (exact) mass is 393 g/mol. The average molecular weight is 394 g/mol. The predicted molar refractivity (Wildman–Crippen MR) is 110 cm³/mol. The van der Waals surface area contributed by atoms with Crippen molar-refractivity contribution in [2.45, 2.75) is 52.6 Å². The summed E-state index contributed by atoms with van der Waals surface area (Å²) in [6, 6.07) is 7.60. The van der Waals surface area contributed by atoms with E-state index >= 15 is 0 Å². The highest BCUT2D eigenvalue weighted by Gasteiger charge is 2.27. The van der Waals surface area contributed by atoms with Crippen LogP contribution in [-0.2, 0) is 9.59 Å². The highest BCUT2D eigenvalue weighted by molar-refractivity contribution is 6.31. The summed E-state index contributed by atoms with van der Waals surface area (Å²) >= 11 is 6.20. The molecule has 0 saturated carbocycles. The number of likely N-dealkylation sites (tertiary alicyclic amines) is 1. The number of carbonyl (C=O) groups is 2. The first kappa shape index (κ1) is 21.7. The third-order valence-corrected chi connectivity index (χ3v) is 5.79. The SMILES string of the molecule is CC(NC(=O)CN1CCC(C(=O)NC(C)C(C)C)CC1)c1ccccc1Cl. The van der Waals surface area contributed by atoms with Crippen molar-refractivity contribution in [1.82, 2.24) is 15.5 Å². The Morgan fingerprint density at radius 3 is 2.33 bits per heavy atom. The van der Waals surface area contributed by atoms with Gasteiger partial charge >= 0.3 is 0 Å². The first-order chi connectivity index (χ1) is 12.8. The fourth-order valence-corrected chi connectivity index (χ4v) is 3.56. The smallest absolute Gasteiger partial charge is 0.234 e. The van der Waals surface area contributed by atoms with Crippen molar-refractivity contribution < 1.29 is 9.59 Å². The molecule has 0 bridgehead atoms. The van der Waals surface area contributed by atoms with Gasteiger partial charge in [0.05, 0.1) is 12.6 Å². The number of piperidine rings is 1. The van der Waals surface area contributed by atoms with Crippen LogP contribution in [0.2, 0.25) is 5.02 Å². The maximum Gasteiger partial charge on any atom is 0.234 e. The van der Waals surface area contributed by atoms with Gasteiger partial charge in [0, 0.05) is 17.0 Å². The number of halogens is 1. The van der Waals surface area contributed by atoms with Crippen molar-refractivity contribution in [2.24, 2.45) is 11.8 Å². The van der Waals surface area contributed by atoms with Gasteiger partial charge in [0.2, 0.25) is 11.8 Å². The summed E-state index contributed by atoms with van der Waals surface area (Å²) in [5.41, 5.74) is 0.919. The van der Waals surface area contributed by atoms with Gasteiger partial charge in [0.15, 0.2) is 0 Å². The predicted octanol–water partition coefficient (Wildman–Crippen LogP) is 3.39. The number of benzene rings is 1. The molecule has 0 aliphatic carbocycles. The largest absolute Gasteiger partial charge is 0.353 e. The van der Waals surface area contributed by atoms with E-state index in [4.69, 9.17) is 11.6 Å². The fourth-order valence-electron chi connectivity index (χ4n) is 3.26. The number of nitrogens with one attached hydrogen (secondary N) is 2. The topological polar surface area (TPSA) is 61.4 Å². The molecule has 0 spiro atoms. The van der Waals surface area contributed by atoms with Crippen LogP contribution in [0.25, 0.3) is 0 Å². The van der Waals surface area contributed by atoms with Crippen molar-refractivity contribution in [2.75, 3.05) is 19.6 Å². The minimum atomic E-state index is -0.132.